The van der Waals surface area contributed by atoms with Gasteiger partial charge in [0.1, 0.15) is 0 Å². The fourth-order valence-electron chi connectivity index (χ4n) is 2.18. The van der Waals surface area contributed by atoms with Gasteiger partial charge in [0, 0.05) is 32.7 Å². The number of aliphatic imine (C=N–C) groups is 1. The third-order valence-electron chi connectivity index (χ3n) is 3.24. The zero-order valence-corrected chi connectivity index (χ0v) is 14.8. The molecular weight excluding hydrogens is 308 g/mol. The van der Waals surface area contributed by atoms with Crippen LogP contribution in [-0.2, 0) is 11.2 Å². The van der Waals surface area contributed by atoms with E-state index in [4.69, 9.17) is 4.74 Å². The van der Waals surface area contributed by atoms with Crippen LogP contribution in [0.2, 0.25) is 0 Å². The first kappa shape index (κ1) is 17.7. The summed E-state index contributed by atoms with van der Waals surface area (Å²) in [4.78, 5) is 9.25. The van der Waals surface area contributed by atoms with E-state index in [1.807, 2.05) is 13.0 Å². The Morgan fingerprint density at radius 1 is 1.26 bits per heavy atom. The summed E-state index contributed by atoms with van der Waals surface area (Å²) >= 11 is 1.78. The maximum atomic E-state index is 5.32. The summed E-state index contributed by atoms with van der Waals surface area (Å²) in [6, 6.07) is 8.29. The molecule has 0 atom stereocenters. The van der Waals surface area contributed by atoms with Gasteiger partial charge in [-0.05, 0) is 32.4 Å². The highest BCUT2D eigenvalue weighted by atomic mass is 32.1. The Labute approximate surface area is 142 Å². The first-order valence-electron chi connectivity index (χ1n) is 8.27. The number of para-hydroxylation sites is 1. The van der Waals surface area contributed by atoms with Gasteiger partial charge in [-0.25, -0.2) is 4.98 Å². The molecule has 0 radical (unpaired) electrons. The van der Waals surface area contributed by atoms with Crippen molar-refractivity contribution in [2.24, 2.45) is 4.99 Å². The first-order valence-corrected chi connectivity index (χ1v) is 9.09. The molecule has 1 heterocycles. The monoisotopic (exact) mass is 334 g/mol. The average molecular weight is 334 g/mol. The van der Waals surface area contributed by atoms with Crippen molar-refractivity contribution in [3.8, 4) is 0 Å². The van der Waals surface area contributed by atoms with Crippen LogP contribution in [0.4, 0.5) is 0 Å². The third kappa shape index (κ3) is 6.15. The molecule has 0 unspecified atom stereocenters. The number of guanidine groups is 1. The van der Waals surface area contributed by atoms with Crippen molar-refractivity contribution in [1.29, 1.82) is 0 Å². The zero-order valence-electron chi connectivity index (χ0n) is 14.0. The second kappa shape index (κ2) is 10.2. The predicted molar refractivity (Wildman–Crippen MR) is 98.4 cm³/mol. The fraction of sp³-hybridized carbons (Fsp3) is 0.529. The maximum Gasteiger partial charge on any atom is 0.191 e. The highest BCUT2D eigenvalue weighted by molar-refractivity contribution is 7.18. The molecule has 6 heteroatoms. The molecule has 2 N–H and O–H groups in total. The quantitative estimate of drug-likeness (QED) is 0.421. The molecule has 2 aromatic rings. The normalized spacial score (nSPS) is 11.8. The number of hydrogen-bond donors (Lipinski definition) is 2. The van der Waals surface area contributed by atoms with Gasteiger partial charge in [0.15, 0.2) is 5.96 Å². The number of aryl methyl sites for hydroxylation is 1. The molecule has 0 aliphatic rings. The van der Waals surface area contributed by atoms with Crippen LogP contribution in [0.1, 0.15) is 25.3 Å². The lowest BCUT2D eigenvalue weighted by Gasteiger charge is -2.10. The molecule has 23 heavy (non-hydrogen) atoms. The smallest absolute Gasteiger partial charge is 0.191 e. The number of rotatable bonds is 9. The van der Waals surface area contributed by atoms with Gasteiger partial charge in [0.25, 0.3) is 0 Å². The minimum absolute atomic E-state index is 0.701. The Balaban J connectivity index is 1.76. The Kier molecular flexibility index (Phi) is 7.83. The summed E-state index contributed by atoms with van der Waals surface area (Å²) in [6.45, 7) is 7.95. The standard InChI is InChI=1S/C17H26N4OS/c1-3-18-17(20-12-13-22-4-2)19-11-7-10-16-21-14-8-5-6-9-15(14)23-16/h5-6,8-9H,3-4,7,10-13H2,1-2H3,(H2,18,19,20). The molecule has 0 fully saturated rings. The van der Waals surface area contributed by atoms with E-state index in [9.17, 15) is 0 Å². The topological polar surface area (TPSA) is 58.5 Å². The number of benzene rings is 1. The lowest BCUT2D eigenvalue weighted by molar-refractivity contribution is 0.152. The van der Waals surface area contributed by atoms with Crippen LogP contribution in [0.15, 0.2) is 29.3 Å². The Bertz CT molecular complexity index is 578. The van der Waals surface area contributed by atoms with E-state index in [-0.39, 0.29) is 0 Å². The van der Waals surface area contributed by atoms with Crippen LogP contribution in [-0.4, -0.2) is 43.8 Å². The maximum absolute atomic E-state index is 5.32. The molecule has 0 aliphatic carbocycles. The number of aromatic nitrogens is 1. The van der Waals surface area contributed by atoms with Crippen molar-refractivity contribution in [3.05, 3.63) is 29.3 Å². The minimum Gasteiger partial charge on any atom is -0.380 e. The van der Waals surface area contributed by atoms with Crippen molar-refractivity contribution < 1.29 is 4.74 Å². The Morgan fingerprint density at radius 2 is 2.13 bits per heavy atom. The van der Waals surface area contributed by atoms with Crippen LogP contribution in [0.25, 0.3) is 10.2 Å². The van der Waals surface area contributed by atoms with E-state index in [1.54, 1.807) is 11.3 Å². The summed E-state index contributed by atoms with van der Waals surface area (Å²) in [7, 11) is 0. The fourth-order valence-corrected chi connectivity index (χ4v) is 3.18. The van der Waals surface area contributed by atoms with Crippen LogP contribution in [0.3, 0.4) is 0 Å². The molecule has 1 aromatic heterocycles. The number of hydrogen-bond acceptors (Lipinski definition) is 4. The molecule has 2 rings (SSSR count). The first-order chi connectivity index (χ1) is 11.3. The van der Waals surface area contributed by atoms with Crippen LogP contribution in [0, 0.1) is 0 Å². The average Bonchev–Trinajstić information content (AvgIpc) is 2.98. The van der Waals surface area contributed by atoms with Gasteiger partial charge in [-0.2, -0.15) is 0 Å². The lowest BCUT2D eigenvalue weighted by Crippen LogP contribution is -2.39. The molecule has 0 spiro atoms. The van der Waals surface area contributed by atoms with Crippen LogP contribution in [0.5, 0.6) is 0 Å². The van der Waals surface area contributed by atoms with E-state index >= 15 is 0 Å². The van der Waals surface area contributed by atoms with E-state index in [0.717, 1.165) is 50.6 Å². The summed E-state index contributed by atoms with van der Waals surface area (Å²) < 4.78 is 6.58. The van der Waals surface area contributed by atoms with Gasteiger partial charge >= 0.3 is 0 Å². The third-order valence-corrected chi connectivity index (χ3v) is 4.34. The molecular formula is C17H26N4OS. The van der Waals surface area contributed by atoms with E-state index in [0.29, 0.717) is 6.61 Å². The van der Waals surface area contributed by atoms with Crippen LogP contribution < -0.4 is 10.6 Å². The molecule has 1 aromatic carbocycles. The molecule has 0 bridgehead atoms. The van der Waals surface area contributed by atoms with Gasteiger partial charge < -0.3 is 15.4 Å². The Hall–Kier alpha value is -1.66. The summed E-state index contributed by atoms with van der Waals surface area (Å²) in [5.41, 5.74) is 1.10. The largest absolute Gasteiger partial charge is 0.380 e. The van der Waals surface area contributed by atoms with Gasteiger partial charge in [-0.1, -0.05) is 12.1 Å². The van der Waals surface area contributed by atoms with Gasteiger partial charge in [-0.3, -0.25) is 4.99 Å². The molecule has 126 valence electrons. The van der Waals surface area contributed by atoms with Gasteiger partial charge in [0.2, 0.25) is 0 Å². The van der Waals surface area contributed by atoms with Crippen molar-refractivity contribution in [2.75, 3.05) is 32.8 Å². The van der Waals surface area contributed by atoms with Crippen molar-refractivity contribution in [2.45, 2.75) is 26.7 Å². The second-order valence-electron chi connectivity index (χ2n) is 5.06. The second-order valence-corrected chi connectivity index (χ2v) is 6.18. The predicted octanol–water partition coefficient (Wildman–Crippen LogP) is 2.82. The molecule has 0 amide bonds. The highest BCUT2D eigenvalue weighted by Gasteiger charge is 2.03. The molecule has 0 saturated carbocycles. The SMILES string of the molecule is CCNC(=NCCCc1nc2ccccc2s1)NCCOCC. The van der Waals surface area contributed by atoms with Crippen molar-refractivity contribution in [3.63, 3.8) is 0 Å². The number of fused-ring (bicyclic) bond motifs is 1. The van der Waals surface area contributed by atoms with Gasteiger partial charge in [0.05, 0.1) is 21.8 Å². The molecule has 0 saturated heterocycles. The van der Waals surface area contributed by atoms with E-state index in [2.05, 4.69) is 45.7 Å². The highest BCUT2D eigenvalue weighted by Crippen LogP contribution is 2.22. The van der Waals surface area contributed by atoms with E-state index in [1.165, 1.54) is 9.71 Å². The summed E-state index contributed by atoms with van der Waals surface area (Å²) in [5, 5.41) is 7.72. The van der Waals surface area contributed by atoms with Gasteiger partial charge in [-0.15, -0.1) is 11.3 Å². The number of ether oxygens (including phenoxy) is 1. The minimum atomic E-state index is 0.701. The summed E-state index contributed by atoms with van der Waals surface area (Å²) in [6.07, 6.45) is 1.98. The Morgan fingerprint density at radius 3 is 2.91 bits per heavy atom. The molecule has 5 nitrogen and oxygen atoms in total. The van der Waals surface area contributed by atoms with Crippen molar-refractivity contribution >= 4 is 27.5 Å². The number of nitrogens with zero attached hydrogens (tertiary/aromatic N) is 2. The summed E-state index contributed by atoms with van der Waals surface area (Å²) in [5.74, 6) is 0.858. The number of nitrogens with one attached hydrogen (secondary N) is 2. The van der Waals surface area contributed by atoms with E-state index < -0.39 is 0 Å². The van der Waals surface area contributed by atoms with Crippen molar-refractivity contribution in [1.82, 2.24) is 15.6 Å². The molecule has 0 aliphatic heterocycles. The van der Waals surface area contributed by atoms with Crippen LogP contribution >= 0.6 is 11.3 Å². The zero-order chi connectivity index (χ0) is 16.3. The number of thiazole rings is 1. The lowest BCUT2D eigenvalue weighted by atomic mass is 10.3.